The normalized spacial score (nSPS) is 12.7. The molecule has 0 aliphatic rings. The summed E-state index contributed by atoms with van der Waals surface area (Å²) >= 11 is 0. The van der Waals surface area contributed by atoms with E-state index in [-0.39, 0.29) is 31.1 Å². The van der Waals surface area contributed by atoms with Crippen LogP contribution in [0.3, 0.4) is 0 Å². The summed E-state index contributed by atoms with van der Waals surface area (Å²) < 4.78 is 17.0. The standard InChI is InChI=1S/C77H134O6/c1-4-7-10-13-16-19-22-25-28-30-32-34-36-37-38-39-40-41-42-44-45-47-49-52-55-58-61-64-67-70-76(79)82-73-74(72-81-75(78)69-66-63-60-57-54-51-27-24-21-18-15-12-9-6-3)83-77(80)71-68-65-62-59-56-53-50-48-46-43-35-33-31-29-26-23-20-17-14-11-8-5-2/h7,10,16,19,24-25,27-28,32,34,37-38,40-41,44-45,74H,4-6,8-9,11-15,17-18,20-23,26,29-31,33,35-36,39,42-43,46-73H2,1-3H3/b10-7-,19-16-,27-24-,28-25-,34-32-,38-37-,41-40-,45-44-. The molecule has 0 aromatic rings. The van der Waals surface area contributed by atoms with Crippen molar-refractivity contribution >= 4 is 17.9 Å². The monoisotopic (exact) mass is 1160 g/mol. The summed E-state index contributed by atoms with van der Waals surface area (Å²) in [6.45, 7) is 6.55. The van der Waals surface area contributed by atoms with Crippen LogP contribution in [0.2, 0.25) is 0 Å². The van der Waals surface area contributed by atoms with Gasteiger partial charge in [0.25, 0.3) is 0 Å². The van der Waals surface area contributed by atoms with Crippen molar-refractivity contribution in [2.24, 2.45) is 0 Å². The maximum Gasteiger partial charge on any atom is 0.306 e. The maximum atomic E-state index is 13.0. The fourth-order valence-electron chi connectivity index (χ4n) is 10.2. The third kappa shape index (κ3) is 69.0. The molecule has 0 aromatic carbocycles. The number of hydrogen-bond donors (Lipinski definition) is 0. The Morgan fingerprint density at radius 3 is 0.747 bits per heavy atom. The van der Waals surface area contributed by atoms with Gasteiger partial charge in [-0.3, -0.25) is 14.4 Å². The zero-order valence-corrected chi connectivity index (χ0v) is 54.9. The van der Waals surface area contributed by atoms with Gasteiger partial charge in [0.15, 0.2) is 6.10 Å². The van der Waals surface area contributed by atoms with Crippen LogP contribution >= 0.6 is 0 Å². The molecular formula is C77H134O6. The van der Waals surface area contributed by atoms with Gasteiger partial charge in [-0.1, -0.05) is 330 Å². The minimum Gasteiger partial charge on any atom is -0.462 e. The second kappa shape index (κ2) is 70.8. The molecule has 6 nitrogen and oxygen atoms in total. The largest absolute Gasteiger partial charge is 0.462 e. The van der Waals surface area contributed by atoms with Crippen LogP contribution in [-0.2, 0) is 28.6 Å². The fraction of sp³-hybridized carbons (Fsp3) is 0.753. The first-order chi connectivity index (χ1) is 41.0. The Morgan fingerprint density at radius 2 is 0.470 bits per heavy atom. The Hall–Kier alpha value is -3.67. The molecule has 0 fully saturated rings. The smallest absolute Gasteiger partial charge is 0.306 e. The van der Waals surface area contributed by atoms with E-state index in [0.717, 1.165) is 116 Å². The Bertz CT molecular complexity index is 1610. The SMILES string of the molecule is CC/C=C\C/C=C\C/C=C\C/C=C\C/C=C\C/C=C\C/C=C\CCCCCCCCCC(=O)OCC(COC(=O)CCCCCCC/C=C\CCCCCCC)OC(=O)CCCCCCCCCCCCCCCCCCCCCCCC. The predicted molar refractivity (Wildman–Crippen MR) is 362 cm³/mol. The second-order valence-corrected chi connectivity index (χ2v) is 23.8. The van der Waals surface area contributed by atoms with Crippen molar-refractivity contribution in [1.82, 2.24) is 0 Å². The van der Waals surface area contributed by atoms with Crippen molar-refractivity contribution in [2.75, 3.05) is 13.2 Å². The molecule has 0 bridgehead atoms. The molecule has 6 heteroatoms. The van der Waals surface area contributed by atoms with Crippen LogP contribution in [0.5, 0.6) is 0 Å². The highest BCUT2D eigenvalue weighted by molar-refractivity contribution is 5.71. The van der Waals surface area contributed by atoms with Gasteiger partial charge in [-0.05, 0) is 103 Å². The van der Waals surface area contributed by atoms with E-state index >= 15 is 0 Å². The zero-order chi connectivity index (χ0) is 59.9. The van der Waals surface area contributed by atoms with Gasteiger partial charge in [0.05, 0.1) is 0 Å². The highest BCUT2D eigenvalue weighted by Gasteiger charge is 2.19. The molecule has 0 rings (SSSR count). The first kappa shape index (κ1) is 79.3. The second-order valence-electron chi connectivity index (χ2n) is 23.8. The van der Waals surface area contributed by atoms with E-state index < -0.39 is 6.10 Å². The number of unbranched alkanes of at least 4 members (excludes halogenated alkanes) is 38. The molecule has 0 amide bonds. The molecule has 0 aliphatic carbocycles. The fourth-order valence-corrected chi connectivity index (χ4v) is 10.2. The van der Waals surface area contributed by atoms with Gasteiger partial charge >= 0.3 is 17.9 Å². The lowest BCUT2D eigenvalue weighted by Gasteiger charge is -2.18. The summed E-state index contributed by atoms with van der Waals surface area (Å²) in [6.07, 6.45) is 95.7. The molecule has 0 aromatic heterocycles. The minimum atomic E-state index is -0.786. The van der Waals surface area contributed by atoms with E-state index in [1.807, 2.05) is 0 Å². The number of allylic oxidation sites excluding steroid dienone is 16. The number of esters is 3. The molecular weight excluding hydrogens is 1020 g/mol. The molecule has 0 heterocycles. The Kier molecular flexibility index (Phi) is 67.7. The average Bonchev–Trinajstić information content (AvgIpc) is 3.49. The number of ether oxygens (including phenoxy) is 3. The molecule has 0 saturated heterocycles. The molecule has 0 saturated carbocycles. The zero-order valence-electron chi connectivity index (χ0n) is 54.9. The van der Waals surface area contributed by atoms with Crippen LogP contribution in [-0.4, -0.2) is 37.2 Å². The van der Waals surface area contributed by atoms with Gasteiger partial charge in [0.2, 0.25) is 0 Å². The predicted octanol–water partition coefficient (Wildman–Crippen LogP) is 24.8. The van der Waals surface area contributed by atoms with E-state index in [4.69, 9.17) is 14.2 Å². The quantitative estimate of drug-likeness (QED) is 0.0261. The van der Waals surface area contributed by atoms with E-state index in [0.29, 0.717) is 19.3 Å². The van der Waals surface area contributed by atoms with E-state index in [1.54, 1.807) is 0 Å². The van der Waals surface area contributed by atoms with Crippen molar-refractivity contribution in [2.45, 2.75) is 361 Å². The van der Waals surface area contributed by atoms with Crippen LogP contribution < -0.4 is 0 Å². The minimum absolute atomic E-state index is 0.0819. The third-order valence-corrected chi connectivity index (χ3v) is 15.6. The van der Waals surface area contributed by atoms with E-state index in [9.17, 15) is 14.4 Å². The number of carbonyl (C=O) groups excluding carboxylic acids is 3. The molecule has 0 spiro atoms. The summed E-state index contributed by atoms with van der Waals surface area (Å²) in [4.78, 5) is 38.5. The molecule has 478 valence electrons. The molecule has 1 unspecified atom stereocenters. The first-order valence-corrected chi connectivity index (χ1v) is 35.7. The van der Waals surface area contributed by atoms with E-state index in [1.165, 1.54) is 199 Å². The van der Waals surface area contributed by atoms with Crippen LogP contribution in [0.1, 0.15) is 355 Å². The molecule has 1 atom stereocenters. The van der Waals surface area contributed by atoms with Crippen molar-refractivity contribution < 1.29 is 28.6 Å². The Labute approximate surface area is 515 Å². The van der Waals surface area contributed by atoms with Gasteiger partial charge < -0.3 is 14.2 Å². The van der Waals surface area contributed by atoms with Crippen LogP contribution in [0, 0.1) is 0 Å². The summed E-state index contributed by atoms with van der Waals surface area (Å²) in [5.74, 6) is -0.883. The Balaban J connectivity index is 4.32. The summed E-state index contributed by atoms with van der Waals surface area (Å²) in [5.41, 5.74) is 0. The summed E-state index contributed by atoms with van der Waals surface area (Å²) in [7, 11) is 0. The van der Waals surface area contributed by atoms with Crippen molar-refractivity contribution in [1.29, 1.82) is 0 Å². The average molecular weight is 1160 g/mol. The maximum absolute atomic E-state index is 13.0. The number of hydrogen-bond acceptors (Lipinski definition) is 6. The van der Waals surface area contributed by atoms with Crippen molar-refractivity contribution in [3.63, 3.8) is 0 Å². The van der Waals surface area contributed by atoms with Gasteiger partial charge in [-0.25, -0.2) is 0 Å². The summed E-state index contributed by atoms with van der Waals surface area (Å²) in [5, 5.41) is 0. The van der Waals surface area contributed by atoms with Gasteiger partial charge in [0.1, 0.15) is 13.2 Å². The van der Waals surface area contributed by atoms with Crippen LogP contribution in [0.4, 0.5) is 0 Å². The first-order valence-electron chi connectivity index (χ1n) is 35.7. The molecule has 0 radical (unpaired) electrons. The lowest BCUT2D eigenvalue weighted by Crippen LogP contribution is -2.30. The molecule has 83 heavy (non-hydrogen) atoms. The topological polar surface area (TPSA) is 78.9 Å². The van der Waals surface area contributed by atoms with E-state index in [2.05, 4.69) is 118 Å². The highest BCUT2D eigenvalue weighted by atomic mass is 16.6. The Morgan fingerprint density at radius 1 is 0.253 bits per heavy atom. The van der Waals surface area contributed by atoms with Crippen LogP contribution in [0.25, 0.3) is 0 Å². The van der Waals surface area contributed by atoms with Crippen molar-refractivity contribution in [3.8, 4) is 0 Å². The number of carbonyl (C=O) groups is 3. The summed E-state index contributed by atoms with van der Waals surface area (Å²) in [6, 6.07) is 0. The lowest BCUT2D eigenvalue weighted by atomic mass is 10.0. The van der Waals surface area contributed by atoms with Gasteiger partial charge in [0, 0.05) is 19.3 Å². The number of rotatable bonds is 65. The highest BCUT2D eigenvalue weighted by Crippen LogP contribution is 2.18. The molecule has 0 aliphatic heterocycles. The van der Waals surface area contributed by atoms with Gasteiger partial charge in [-0.15, -0.1) is 0 Å². The lowest BCUT2D eigenvalue weighted by molar-refractivity contribution is -0.167. The van der Waals surface area contributed by atoms with Crippen molar-refractivity contribution in [3.05, 3.63) is 97.2 Å². The third-order valence-electron chi connectivity index (χ3n) is 15.6. The van der Waals surface area contributed by atoms with Gasteiger partial charge in [-0.2, -0.15) is 0 Å². The molecule has 0 N–H and O–H groups in total. The van der Waals surface area contributed by atoms with Crippen LogP contribution in [0.15, 0.2) is 97.2 Å².